The Morgan fingerprint density at radius 3 is 2.00 bits per heavy atom. The van der Waals surface area contributed by atoms with Gasteiger partial charge in [0.25, 0.3) is 0 Å². The Morgan fingerprint density at radius 2 is 1.43 bits per heavy atom. The molecule has 3 rings (SSSR count). The molecule has 28 heavy (non-hydrogen) atoms. The predicted molar refractivity (Wildman–Crippen MR) is 114 cm³/mol. The van der Waals surface area contributed by atoms with Crippen molar-refractivity contribution >= 4 is 17.3 Å². The molecule has 0 aliphatic carbocycles. The van der Waals surface area contributed by atoms with E-state index in [9.17, 15) is 9.90 Å². The Hall–Kier alpha value is -3.11. The van der Waals surface area contributed by atoms with E-state index < -0.39 is 12.0 Å². The molecule has 1 atom stereocenters. The second-order valence-corrected chi connectivity index (χ2v) is 6.71. The van der Waals surface area contributed by atoms with E-state index in [2.05, 4.69) is 53.5 Å². The van der Waals surface area contributed by atoms with Crippen molar-refractivity contribution in [1.82, 2.24) is 5.32 Å². The molecule has 4 nitrogen and oxygen atoms in total. The van der Waals surface area contributed by atoms with Crippen molar-refractivity contribution < 1.29 is 9.90 Å². The Kier molecular flexibility index (Phi) is 6.82. The summed E-state index contributed by atoms with van der Waals surface area (Å²) >= 11 is 0. The summed E-state index contributed by atoms with van der Waals surface area (Å²) in [6, 6.07) is 27.6. The number of nitrogens with one attached hydrogen (secondary N) is 1. The highest BCUT2D eigenvalue weighted by Gasteiger charge is 2.17. The quantitative estimate of drug-likeness (QED) is 0.573. The molecule has 0 saturated heterocycles. The molecule has 3 aromatic rings. The summed E-state index contributed by atoms with van der Waals surface area (Å²) in [7, 11) is 0. The summed E-state index contributed by atoms with van der Waals surface area (Å²) in [6.07, 6.45) is 0.464. The van der Waals surface area contributed by atoms with E-state index in [0.29, 0.717) is 13.0 Å². The molecule has 4 heteroatoms. The third kappa shape index (κ3) is 5.21. The van der Waals surface area contributed by atoms with E-state index in [0.717, 1.165) is 29.0 Å². The third-order valence-corrected chi connectivity index (χ3v) is 4.77. The molecule has 0 fully saturated rings. The van der Waals surface area contributed by atoms with E-state index in [1.54, 1.807) is 0 Å². The van der Waals surface area contributed by atoms with Crippen molar-refractivity contribution in [2.75, 3.05) is 11.4 Å². The second-order valence-electron chi connectivity index (χ2n) is 6.71. The summed E-state index contributed by atoms with van der Waals surface area (Å²) < 4.78 is 0. The topological polar surface area (TPSA) is 52.6 Å². The summed E-state index contributed by atoms with van der Waals surface area (Å²) in [6.45, 7) is 3.52. The maximum atomic E-state index is 11.6. The van der Waals surface area contributed by atoms with E-state index in [4.69, 9.17) is 0 Å². The minimum absolute atomic E-state index is 0.464. The van der Waals surface area contributed by atoms with Crippen LogP contribution in [0.1, 0.15) is 18.1 Å². The summed E-state index contributed by atoms with van der Waals surface area (Å²) in [5.41, 5.74) is 4.35. The zero-order valence-electron chi connectivity index (χ0n) is 16.1. The van der Waals surface area contributed by atoms with Crippen LogP contribution in [0.2, 0.25) is 0 Å². The number of carbonyl (C=O) groups is 1. The smallest absolute Gasteiger partial charge is 0.321 e. The number of benzene rings is 3. The van der Waals surface area contributed by atoms with Gasteiger partial charge >= 0.3 is 5.97 Å². The molecule has 144 valence electrons. The van der Waals surface area contributed by atoms with Gasteiger partial charge in [0.05, 0.1) is 0 Å². The molecule has 0 aliphatic heterocycles. The maximum absolute atomic E-state index is 11.6. The lowest BCUT2D eigenvalue weighted by atomic mass is 10.1. The highest BCUT2D eigenvalue weighted by atomic mass is 16.4. The van der Waals surface area contributed by atoms with Crippen LogP contribution in [-0.4, -0.2) is 23.7 Å². The Morgan fingerprint density at radius 1 is 0.857 bits per heavy atom. The van der Waals surface area contributed by atoms with E-state index in [1.807, 2.05) is 48.5 Å². The lowest BCUT2D eigenvalue weighted by Crippen LogP contribution is -2.38. The minimum Gasteiger partial charge on any atom is -0.480 e. The van der Waals surface area contributed by atoms with Crippen molar-refractivity contribution in [1.29, 1.82) is 0 Å². The SMILES string of the molecule is CCN(c1ccccc1)c1ccc(CN[C@H](Cc2ccccc2)C(=O)O)cc1. The fourth-order valence-corrected chi connectivity index (χ4v) is 3.25. The van der Waals surface area contributed by atoms with Crippen LogP contribution in [0.25, 0.3) is 0 Å². The average Bonchev–Trinajstić information content (AvgIpc) is 2.74. The number of hydrogen-bond acceptors (Lipinski definition) is 3. The van der Waals surface area contributed by atoms with Gasteiger partial charge in [-0.2, -0.15) is 0 Å². The normalized spacial score (nSPS) is 11.8. The van der Waals surface area contributed by atoms with Gasteiger partial charge in [0.15, 0.2) is 0 Å². The van der Waals surface area contributed by atoms with Crippen LogP contribution in [-0.2, 0) is 17.8 Å². The molecule has 0 aromatic heterocycles. The summed E-state index contributed by atoms with van der Waals surface area (Å²) in [4.78, 5) is 13.8. The van der Waals surface area contributed by atoms with Crippen LogP contribution in [0.3, 0.4) is 0 Å². The monoisotopic (exact) mass is 374 g/mol. The molecule has 0 unspecified atom stereocenters. The number of rotatable bonds is 9. The standard InChI is InChI=1S/C24H26N2O2/c1-2-26(21-11-7-4-8-12-21)22-15-13-20(14-16-22)18-25-23(24(27)28)17-19-9-5-3-6-10-19/h3-16,23,25H,2,17-18H2,1H3,(H,27,28)/t23-/m1/s1. The van der Waals surface area contributed by atoms with E-state index in [1.165, 1.54) is 0 Å². The van der Waals surface area contributed by atoms with Crippen molar-refractivity contribution in [2.45, 2.75) is 25.9 Å². The number of para-hydroxylation sites is 1. The number of aliphatic carboxylic acids is 1. The minimum atomic E-state index is -0.832. The van der Waals surface area contributed by atoms with Crippen LogP contribution in [0.15, 0.2) is 84.9 Å². The van der Waals surface area contributed by atoms with Crippen molar-refractivity contribution in [3.63, 3.8) is 0 Å². The first-order valence-corrected chi connectivity index (χ1v) is 9.59. The van der Waals surface area contributed by atoms with Gasteiger partial charge < -0.3 is 15.3 Å². The molecule has 0 amide bonds. The molecular weight excluding hydrogens is 348 g/mol. The first kappa shape index (κ1) is 19.6. The van der Waals surface area contributed by atoms with E-state index in [-0.39, 0.29) is 0 Å². The number of nitrogens with zero attached hydrogens (tertiary/aromatic N) is 1. The van der Waals surface area contributed by atoms with Crippen LogP contribution in [0.4, 0.5) is 11.4 Å². The Labute approximate surface area is 166 Å². The maximum Gasteiger partial charge on any atom is 0.321 e. The zero-order chi connectivity index (χ0) is 19.8. The summed E-state index contributed by atoms with van der Waals surface area (Å²) in [5.74, 6) is -0.832. The van der Waals surface area contributed by atoms with Crippen LogP contribution >= 0.6 is 0 Å². The largest absolute Gasteiger partial charge is 0.480 e. The van der Waals surface area contributed by atoms with Gasteiger partial charge in [-0.3, -0.25) is 4.79 Å². The first-order valence-electron chi connectivity index (χ1n) is 9.59. The third-order valence-electron chi connectivity index (χ3n) is 4.77. The van der Waals surface area contributed by atoms with Gasteiger partial charge in [0, 0.05) is 24.5 Å². The first-order chi connectivity index (χ1) is 13.7. The van der Waals surface area contributed by atoms with Gasteiger partial charge in [-0.1, -0.05) is 60.7 Å². The number of carboxylic acid groups (broad SMARTS) is 1. The molecule has 0 aliphatic rings. The van der Waals surface area contributed by atoms with Crippen molar-refractivity contribution in [3.8, 4) is 0 Å². The average molecular weight is 374 g/mol. The number of hydrogen-bond donors (Lipinski definition) is 2. The Balaban J connectivity index is 1.63. The van der Waals surface area contributed by atoms with Gasteiger partial charge in [0.2, 0.25) is 0 Å². The molecule has 0 bridgehead atoms. The zero-order valence-corrected chi connectivity index (χ0v) is 16.1. The molecule has 0 saturated carbocycles. The lowest BCUT2D eigenvalue weighted by molar-refractivity contribution is -0.139. The number of anilines is 2. The van der Waals surface area contributed by atoms with Crippen molar-refractivity contribution in [2.24, 2.45) is 0 Å². The molecule has 2 N–H and O–H groups in total. The highest BCUT2D eigenvalue weighted by Crippen LogP contribution is 2.25. The fourth-order valence-electron chi connectivity index (χ4n) is 3.25. The molecular formula is C24H26N2O2. The van der Waals surface area contributed by atoms with E-state index >= 15 is 0 Å². The molecule has 3 aromatic carbocycles. The van der Waals surface area contributed by atoms with Crippen molar-refractivity contribution in [3.05, 3.63) is 96.1 Å². The van der Waals surface area contributed by atoms with Gasteiger partial charge in [-0.15, -0.1) is 0 Å². The molecule has 0 heterocycles. The van der Waals surface area contributed by atoms with Crippen LogP contribution in [0, 0.1) is 0 Å². The Bertz CT molecular complexity index is 864. The highest BCUT2D eigenvalue weighted by molar-refractivity contribution is 5.74. The van der Waals surface area contributed by atoms with Crippen LogP contribution < -0.4 is 10.2 Å². The number of carboxylic acids is 1. The molecule has 0 spiro atoms. The second kappa shape index (κ2) is 9.72. The van der Waals surface area contributed by atoms with Gasteiger partial charge in [-0.05, 0) is 48.7 Å². The predicted octanol–water partition coefficient (Wildman–Crippen LogP) is 4.63. The van der Waals surface area contributed by atoms with Crippen LogP contribution in [0.5, 0.6) is 0 Å². The van der Waals surface area contributed by atoms with Gasteiger partial charge in [0.1, 0.15) is 6.04 Å². The summed E-state index contributed by atoms with van der Waals surface area (Å²) in [5, 5.41) is 12.7. The fraction of sp³-hybridized carbons (Fsp3) is 0.208. The lowest BCUT2D eigenvalue weighted by Gasteiger charge is -2.23. The molecule has 0 radical (unpaired) electrons. The van der Waals surface area contributed by atoms with Gasteiger partial charge in [-0.25, -0.2) is 0 Å².